The van der Waals surface area contributed by atoms with E-state index >= 15 is 0 Å². The molecule has 0 radical (unpaired) electrons. The van der Waals surface area contributed by atoms with E-state index in [1.54, 1.807) is 6.07 Å². The van der Waals surface area contributed by atoms with Crippen LogP contribution in [0, 0.1) is 0 Å². The number of benzene rings is 1. The lowest BCUT2D eigenvalue weighted by Crippen LogP contribution is -2.44. The van der Waals surface area contributed by atoms with Crippen LogP contribution in [0.15, 0.2) is 47.4 Å². The van der Waals surface area contributed by atoms with E-state index in [4.69, 9.17) is 4.98 Å². The number of anilines is 3. The summed E-state index contributed by atoms with van der Waals surface area (Å²) in [5, 5.41) is 4.22. The standard InChI is InChI=1S/C24H30N6O/c1-28-13-15-29(16-14-28)20-10-8-19(9-11-20)26-24-25-17-18-7-12-22(31)30(23(18)27-24)21-5-3-2-4-6-21/h7-12,17,21H,2-6,13-16H2,1H3,(H,25,26,27). The second-order valence-electron chi connectivity index (χ2n) is 8.77. The van der Waals surface area contributed by atoms with E-state index in [1.807, 2.05) is 16.8 Å². The molecule has 1 saturated carbocycles. The summed E-state index contributed by atoms with van der Waals surface area (Å²) in [5.41, 5.74) is 2.94. The van der Waals surface area contributed by atoms with Gasteiger partial charge in [0.1, 0.15) is 5.65 Å². The van der Waals surface area contributed by atoms with Crippen molar-refractivity contribution in [1.82, 2.24) is 19.4 Å². The molecule has 0 amide bonds. The average molecular weight is 419 g/mol. The van der Waals surface area contributed by atoms with Gasteiger partial charge in [-0.25, -0.2) is 4.98 Å². The topological polar surface area (TPSA) is 66.3 Å². The average Bonchev–Trinajstić information content (AvgIpc) is 2.81. The Labute approximate surface area is 182 Å². The zero-order valence-corrected chi connectivity index (χ0v) is 18.1. The number of piperazine rings is 1. The van der Waals surface area contributed by atoms with E-state index in [1.165, 1.54) is 24.9 Å². The first-order chi connectivity index (χ1) is 15.2. The largest absolute Gasteiger partial charge is 0.369 e. The highest BCUT2D eigenvalue weighted by atomic mass is 16.1. The van der Waals surface area contributed by atoms with Gasteiger partial charge in [0.05, 0.1) is 0 Å². The summed E-state index contributed by atoms with van der Waals surface area (Å²) in [6, 6.07) is 12.1. The Morgan fingerprint density at radius 3 is 2.42 bits per heavy atom. The Balaban J connectivity index is 1.38. The third kappa shape index (κ3) is 4.28. The smallest absolute Gasteiger partial charge is 0.252 e. The molecule has 31 heavy (non-hydrogen) atoms. The molecule has 3 heterocycles. The summed E-state index contributed by atoms with van der Waals surface area (Å²) >= 11 is 0. The van der Waals surface area contributed by atoms with Crippen molar-refractivity contribution in [1.29, 1.82) is 0 Å². The fraction of sp³-hybridized carbons (Fsp3) is 0.458. The molecule has 0 bridgehead atoms. The summed E-state index contributed by atoms with van der Waals surface area (Å²) in [7, 11) is 2.17. The molecule has 0 unspecified atom stereocenters. The number of rotatable bonds is 4. The monoisotopic (exact) mass is 418 g/mol. The Hall–Kier alpha value is -2.93. The van der Waals surface area contributed by atoms with Gasteiger partial charge in [-0.15, -0.1) is 0 Å². The van der Waals surface area contributed by atoms with Crippen molar-refractivity contribution in [3.8, 4) is 0 Å². The van der Waals surface area contributed by atoms with Crippen LogP contribution in [0.5, 0.6) is 0 Å². The Kier molecular flexibility index (Phi) is 5.59. The van der Waals surface area contributed by atoms with Crippen molar-refractivity contribution >= 4 is 28.4 Å². The van der Waals surface area contributed by atoms with Gasteiger partial charge in [0.25, 0.3) is 5.56 Å². The Bertz CT molecular complexity index is 1100. The number of aromatic nitrogens is 3. The van der Waals surface area contributed by atoms with Gasteiger partial charge in [-0.1, -0.05) is 19.3 Å². The molecule has 5 rings (SSSR count). The van der Waals surface area contributed by atoms with Crippen LogP contribution in [-0.2, 0) is 0 Å². The maximum absolute atomic E-state index is 12.7. The number of pyridine rings is 1. The third-order valence-electron chi connectivity index (χ3n) is 6.60. The van der Waals surface area contributed by atoms with E-state index in [2.05, 4.69) is 51.4 Å². The number of likely N-dealkylation sites (N-methyl/N-ethyl adjacent to an activating group) is 1. The molecule has 1 aromatic carbocycles. The second kappa shape index (κ2) is 8.67. The van der Waals surface area contributed by atoms with Gasteiger partial charge in [-0.2, -0.15) is 4.98 Å². The molecular formula is C24H30N6O. The number of nitrogens with one attached hydrogen (secondary N) is 1. The number of hydrogen-bond donors (Lipinski definition) is 1. The zero-order valence-electron chi connectivity index (χ0n) is 18.1. The molecule has 162 valence electrons. The van der Waals surface area contributed by atoms with Crippen LogP contribution in [0.1, 0.15) is 38.1 Å². The third-order valence-corrected chi connectivity index (χ3v) is 6.60. The predicted octanol–water partition coefficient (Wildman–Crippen LogP) is 3.79. The van der Waals surface area contributed by atoms with Gasteiger partial charge >= 0.3 is 0 Å². The van der Waals surface area contributed by atoms with Crippen LogP contribution in [-0.4, -0.2) is 52.7 Å². The van der Waals surface area contributed by atoms with Gasteiger partial charge in [0.2, 0.25) is 5.95 Å². The first kappa shape index (κ1) is 20.0. The van der Waals surface area contributed by atoms with Gasteiger partial charge in [0.15, 0.2) is 0 Å². The van der Waals surface area contributed by atoms with Crippen molar-refractivity contribution in [2.45, 2.75) is 38.1 Å². The fourth-order valence-electron chi connectivity index (χ4n) is 4.74. The summed E-state index contributed by atoms with van der Waals surface area (Å²) < 4.78 is 1.89. The lowest BCUT2D eigenvalue weighted by molar-refractivity contribution is 0.313. The van der Waals surface area contributed by atoms with Gasteiger partial charge in [-0.3, -0.25) is 9.36 Å². The zero-order chi connectivity index (χ0) is 21.2. The molecule has 2 fully saturated rings. The maximum atomic E-state index is 12.7. The molecule has 3 aromatic rings. The van der Waals surface area contributed by atoms with Gasteiger partial charge in [-0.05, 0) is 50.2 Å². The molecule has 7 heteroatoms. The van der Waals surface area contributed by atoms with Crippen molar-refractivity contribution in [2.75, 3.05) is 43.4 Å². The van der Waals surface area contributed by atoms with Crippen molar-refractivity contribution < 1.29 is 0 Å². The number of fused-ring (bicyclic) bond motifs is 1. The summed E-state index contributed by atoms with van der Waals surface area (Å²) in [5.74, 6) is 0.523. The molecular weight excluding hydrogens is 388 g/mol. The molecule has 0 spiro atoms. The minimum atomic E-state index is 0.0283. The predicted molar refractivity (Wildman–Crippen MR) is 125 cm³/mol. The molecule has 1 saturated heterocycles. The van der Waals surface area contributed by atoms with Crippen LogP contribution in [0.4, 0.5) is 17.3 Å². The summed E-state index contributed by atoms with van der Waals surface area (Å²) in [4.78, 5) is 26.7. The number of nitrogens with zero attached hydrogens (tertiary/aromatic N) is 5. The highest BCUT2D eigenvalue weighted by molar-refractivity contribution is 5.76. The molecule has 1 aliphatic heterocycles. The first-order valence-electron chi connectivity index (χ1n) is 11.4. The molecule has 0 atom stereocenters. The van der Waals surface area contributed by atoms with E-state index in [-0.39, 0.29) is 11.6 Å². The summed E-state index contributed by atoms with van der Waals surface area (Å²) in [6.07, 6.45) is 7.48. The van der Waals surface area contributed by atoms with Crippen LogP contribution in [0.2, 0.25) is 0 Å². The maximum Gasteiger partial charge on any atom is 0.252 e. The van der Waals surface area contributed by atoms with Gasteiger partial charge in [0, 0.05) is 61.2 Å². The molecule has 7 nitrogen and oxygen atoms in total. The highest BCUT2D eigenvalue weighted by Crippen LogP contribution is 2.29. The van der Waals surface area contributed by atoms with Crippen LogP contribution in [0.3, 0.4) is 0 Å². The SMILES string of the molecule is CN1CCN(c2ccc(Nc3ncc4ccc(=O)n(C5CCCCC5)c4n3)cc2)CC1. The normalized spacial score (nSPS) is 18.4. The van der Waals surface area contributed by atoms with Crippen LogP contribution >= 0.6 is 0 Å². The molecule has 1 N–H and O–H groups in total. The number of hydrogen-bond acceptors (Lipinski definition) is 6. The van der Waals surface area contributed by atoms with Crippen molar-refractivity contribution in [3.05, 3.63) is 52.9 Å². The van der Waals surface area contributed by atoms with Gasteiger partial charge < -0.3 is 15.1 Å². The lowest BCUT2D eigenvalue weighted by Gasteiger charge is -2.34. The van der Waals surface area contributed by atoms with Crippen LogP contribution < -0.4 is 15.8 Å². The second-order valence-corrected chi connectivity index (χ2v) is 8.77. The molecule has 1 aliphatic carbocycles. The highest BCUT2D eigenvalue weighted by Gasteiger charge is 2.19. The van der Waals surface area contributed by atoms with Crippen molar-refractivity contribution in [3.63, 3.8) is 0 Å². The quantitative estimate of drug-likeness (QED) is 0.695. The first-order valence-corrected chi connectivity index (χ1v) is 11.4. The molecule has 2 aliphatic rings. The van der Waals surface area contributed by atoms with E-state index < -0.39 is 0 Å². The Morgan fingerprint density at radius 1 is 0.935 bits per heavy atom. The molecule has 2 aromatic heterocycles. The minimum Gasteiger partial charge on any atom is -0.369 e. The van der Waals surface area contributed by atoms with Crippen molar-refractivity contribution in [2.24, 2.45) is 0 Å². The lowest BCUT2D eigenvalue weighted by atomic mass is 9.95. The van der Waals surface area contributed by atoms with Crippen LogP contribution in [0.25, 0.3) is 11.0 Å². The van der Waals surface area contributed by atoms with E-state index in [0.717, 1.165) is 55.7 Å². The van der Waals surface area contributed by atoms with E-state index in [0.29, 0.717) is 5.95 Å². The minimum absolute atomic E-state index is 0.0283. The fourth-order valence-corrected chi connectivity index (χ4v) is 4.74. The van der Waals surface area contributed by atoms with E-state index in [9.17, 15) is 4.79 Å². The summed E-state index contributed by atoms with van der Waals surface area (Å²) in [6.45, 7) is 4.28. The Morgan fingerprint density at radius 2 is 1.68 bits per heavy atom.